The van der Waals surface area contributed by atoms with E-state index < -0.39 is 5.91 Å². The van der Waals surface area contributed by atoms with Crippen molar-refractivity contribution in [2.45, 2.75) is 0 Å². The van der Waals surface area contributed by atoms with Crippen molar-refractivity contribution in [2.75, 3.05) is 0 Å². The van der Waals surface area contributed by atoms with Crippen LogP contribution in [0.25, 0.3) is 16.3 Å². The second kappa shape index (κ2) is 4.08. The highest BCUT2D eigenvalue weighted by molar-refractivity contribution is 7.19. The van der Waals surface area contributed by atoms with E-state index in [1.165, 1.54) is 11.3 Å². The molecule has 0 saturated carbocycles. The Balaban J connectivity index is 2.13. The van der Waals surface area contributed by atoms with Gasteiger partial charge in [-0.15, -0.1) is 11.3 Å². The van der Waals surface area contributed by atoms with Gasteiger partial charge in [0.25, 0.3) is 5.91 Å². The maximum Gasteiger partial charge on any atom is 0.267 e. The van der Waals surface area contributed by atoms with E-state index in [0.717, 1.165) is 10.6 Å². The van der Waals surface area contributed by atoms with E-state index in [9.17, 15) is 4.79 Å². The molecule has 90 valence electrons. The van der Waals surface area contributed by atoms with E-state index in [1.807, 2.05) is 18.3 Å². The van der Waals surface area contributed by atoms with E-state index in [1.54, 1.807) is 16.7 Å². The molecule has 3 rings (SSSR count). The Kier molecular flexibility index (Phi) is 2.53. The molecule has 18 heavy (non-hydrogen) atoms. The quantitative estimate of drug-likeness (QED) is 0.781. The molecule has 2 N–H and O–H groups in total. The third-order valence-electron chi connectivity index (χ3n) is 2.40. The number of hydrogen-bond donors (Lipinski definition) is 1. The number of nitrogens with two attached hydrogens (primary N) is 1. The number of carbonyl (C=O) groups is 1. The third-order valence-corrected chi connectivity index (χ3v) is 3.66. The SMILES string of the molecule is NC(=O)c1ccn2cc(-c3ccc(Cl)s3)nc2n1. The first-order valence-electron chi connectivity index (χ1n) is 5.05. The first-order valence-corrected chi connectivity index (χ1v) is 6.24. The number of amides is 1. The number of aromatic nitrogens is 3. The molecule has 3 aromatic heterocycles. The van der Waals surface area contributed by atoms with E-state index in [0.29, 0.717) is 10.1 Å². The zero-order chi connectivity index (χ0) is 12.7. The molecule has 7 heteroatoms. The number of primary amides is 1. The Bertz CT molecular complexity index is 748. The number of fused-ring (bicyclic) bond motifs is 1. The molecule has 0 spiro atoms. The summed E-state index contributed by atoms with van der Waals surface area (Å²) in [5, 5.41) is 0. The van der Waals surface area contributed by atoms with Gasteiger partial charge >= 0.3 is 0 Å². The van der Waals surface area contributed by atoms with Crippen molar-refractivity contribution < 1.29 is 4.79 Å². The van der Waals surface area contributed by atoms with Gasteiger partial charge < -0.3 is 5.73 Å². The third kappa shape index (κ3) is 1.85. The fourth-order valence-electron chi connectivity index (χ4n) is 1.58. The average Bonchev–Trinajstić information content (AvgIpc) is 2.93. The topological polar surface area (TPSA) is 73.3 Å². The molecule has 5 nitrogen and oxygen atoms in total. The van der Waals surface area contributed by atoms with Gasteiger partial charge in [0, 0.05) is 12.4 Å². The highest BCUT2D eigenvalue weighted by atomic mass is 35.5. The zero-order valence-electron chi connectivity index (χ0n) is 9.00. The van der Waals surface area contributed by atoms with Gasteiger partial charge in [0.2, 0.25) is 5.78 Å². The lowest BCUT2D eigenvalue weighted by atomic mass is 10.4. The van der Waals surface area contributed by atoms with Gasteiger partial charge in [0.05, 0.1) is 9.21 Å². The molecule has 3 aromatic rings. The Morgan fingerprint density at radius 3 is 2.83 bits per heavy atom. The van der Waals surface area contributed by atoms with Gasteiger partial charge in [-0.2, -0.15) is 0 Å². The number of hydrogen-bond acceptors (Lipinski definition) is 4. The van der Waals surface area contributed by atoms with Crippen LogP contribution in [0.3, 0.4) is 0 Å². The van der Waals surface area contributed by atoms with Gasteiger partial charge in [-0.1, -0.05) is 11.6 Å². The van der Waals surface area contributed by atoms with Crippen LogP contribution in [0.4, 0.5) is 0 Å². The molecule has 3 heterocycles. The van der Waals surface area contributed by atoms with E-state index in [-0.39, 0.29) is 5.69 Å². The van der Waals surface area contributed by atoms with Crippen molar-refractivity contribution in [3.8, 4) is 10.6 Å². The summed E-state index contributed by atoms with van der Waals surface area (Å²) in [6, 6.07) is 5.26. The molecule has 0 fully saturated rings. The van der Waals surface area contributed by atoms with Crippen molar-refractivity contribution >= 4 is 34.6 Å². The largest absolute Gasteiger partial charge is 0.364 e. The summed E-state index contributed by atoms with van der Waals surface area (Å²) in [6.07, 6.45) is 3.53. The number of imidazole rings is 1. The van der Waals surface area contributed by atoms with Crippen LogP contribution >= 0.6 is 22.9 Å². The molecule has 1 amide bonds. The molecule has 0 saturated heterocycles. The van der Waals surface area contributed by atoms with Crippen LogP contribution in [-0.4, -0.2) is 20.3 Å². The summed E-state index contributed by atoms with van der Waals surface area (Å²) in [5.74, 6) is -0.132. The van der Waals surface area contributed by atoms with E-state index >= 15 is 0 Å². The minimum absolute atomic E-state index is 0.198. The van der Waals surface area contributed by atoms with E-state index in [4.69, 9.17) is 17.3 Å². The standard InChI is InChI=1S/C11H7ClN4OS/c12-9-2-1-8(18-9)7-5-16-4-3-6(10(13)17)14-11(16)15-7/h1-5H,(H2,13,17). The van der Waals surface area contributed by atoms with Crippen LogP contribution < -0.4 is 5.73 Å². The lowest BCUT2D eigenvalue weighted by Crippen LogP contribution is -2.13. The summed E-state index contributed by atoms with van der Waals surface area (Å²) in [7, 11) is 0. The molecule has 0 atom stereocenters. The monoisotopic (exact) mass is 278 g/mol. The molecule has 0 aliphatic rings. The highest BCUT2D eigenvalue weighted by Gasteiger charge is 2.09. The lowest BCUT2D eigenvalue weighted by Gasteiger charge is -1.94. The maximum atomic E-state index is 11.0. The number of nitrogens with zero attached hydrogens (tertiary/aromatic N) is 3. The van der Waals surface area contributed by atoms with Crippen LogP contribution in [0.5, 0.6) is 0 Å². The van der Waals surface area contributed by atoms with E-state index in [2.05, 4.69) is 9.97 Å². The van der Waals surface area contributed by atoms with Crippen LogP contribution in [-0.2, 0) is 0 Å². The maximum absolute atomic E-state index is 11.0. The zero-order valence-corrected chi connectivity index (χ0v) is 10.6. The van der Waals surface area contributed by atoms with Gasteiger partial charge in [-0.05, 0) is 18.2 Å². The predicted octanol–water partition coefficient (Wildman–Crippen LogP) is 2.21. The van der Waals surface area contributed by atoms with Crippen molar-refractivity contribution in [1.82, 2.24) is 14.4 Å². The van der Waals surface area contributed by atoms with Crippen LogP contribution in [0.15, 0.2) is 30.6 Å². The molecule has 0 aromatic carbocycles. The molecule has 0 radical (unpaired) electrons. The van der Waals surface area contributed by atoms with Gasteiger partial charge in [0.15, 0.2) is 0 Å². The number of rotatable bonds is 2. The van der Waals surface area contributed by atoms with Crippen LogP contribution in [0.2, 0.25) is 4.34 Å². The molecular formula is C11H7ClN4OS. The lowest BCUT2D eigenvalue weighted by molar-refractivity contribution is 0.0995. The average molecular weight is 279 g/mol. The summed E-state index contributed by atoms with van der Waals surface area (Å²) < 4.78 is 2.43. The van der Waals surface area contributed by atoms with Crippen molar-refractivity contribution in [1.29, 1.82) is 0 Å². The normalized spacial score (nSPS) is 10.9. The number of carbonyl (C=O) groups excluding carboxylic acids is 1. The van der Waals surface area contributed by atoms with Crippen molar-refractivity contribution in [3.63, 3.8) is 0 Å². The Labute approximate surface area is 111 Å². The van der Waals surface area contributed by atoms with Crippen LogP contribution in [0.1, 0.15) is 10.5 Å². The predicted molar refractivity (Wildman–Crippen MR) is 69.8 cm³/mol. The minimum atomic E-state index is -0.568. The van der Waals surface area contributed by atoms with Gasteiger partial charge in [0.1, 0.15) is 11.4 Å². The fraction of sp³-hybridized carbons (Fsp3) is 0. The summed E-state index contributed by atoms with van der Waals surface area (Å²) >= 11 is 7.32. The minimum Gasteiger partial charge on any atom is -0.364 e. The fourth-order valence-corrected chi connectivity index (χ4v) is 2.58. The Hall–Kier alpha value is -1.92. The summed E-state index contributed by atoms with van der Waals surface area (Å²) in [5.41, 5.74) is 6.14. The Morgan fingerprint density at radius 1 is 1.33 bits per heavy atom. The van der Waals surface area contributed by atoms with Gasteiger partial charge in [-0.3, -0.25) is 9.20 Å². The first kappa shape index (κ1) is 11.2. The number of halogens is 1. The first-order chi connectivity index (χ1) is 8.63. The molecule has 0 bridgehead atoms. The summed E-state index contributed by atoms with van der Waals surface area (Å²) in [6.45, 7) is 0. The molecular weight excluding hydrogens is 272 g/mol. The number of thiophene rings is 1. The van der Waals surface area contributed by atoms with Crippen molar-refractivity contribution in [2.24, 2.45) is 5.73 Å². The summed E-state index contributed by atoms with van der Waals surface area (Å²) in [4.78, 5) is 20.4. The molecule has 0 unspecified atom stereocenters. The van der Waals surface area contributed by atoms with Crippen molar-refractivity contribution in [3.05, 3.63) is 40.6 Å². The molecule has 0 aliphatic heterocycles. The second-order valence-electron chi connectivity index (χ2n) is 3.61. The van der Waals surface area contributed by atoms with Crippen LogP contribution in [0, 0.1) is 0 Å². The van der Waals surface area contributed by atoms with Gasteiger partial charge in [-0.25, -0.2) is 9.97 Å². The highest BCUT2D eigenvalue weighted by Crippen LogP contribution is 2.30. The second-order valence-corrected chi connectivity index (χ2v) is 5.33. The smallest absolute Gasteiger partial charge is 0.267 e. The molecule has 0 aliphatic carbocycles. The Morgan fingerprint density at radius 2 is 2.17 bits per heavy atom.